The molecular formula is C29H36FN5O3. The number of morpholine rings is 1. The molecule has 4 heterocycles. The molecule has 0 aliphatic carbocycles. The van der Waals surface area contributed by atoms with E-state index in [0.29, 0.717) is 49.7 Å². The number of hydrazine groups is 1. The highest BCUT2D eigenvalue weighted by Crippen LogP contribution is 2.42. The van der Waals surface area contributed by atoms with Crippen LogP contribution in [0, 0.1) is 5.82 Å². The van der Waals surface area contributed by atoms with E-state index in [1.807, 2.05) is 19.2 Å². The van der Waals surface area contributed by atoms with Crippen molar-refractivity contribution in [2.24, 2.45) is 5.84 Å². The molecule has 38 heavy (non-hydrogen) atoms. The average Bonchev–Trinajstić information content (AvgIpc) is 2.90. The standard InChI is InChI=1S/C29H36FN5O3/c1-19-16-34(31)17-20-18-35(24-8-7-21(30)14-23(24)22-6-5-9-32-28(22)37-4)25(27(36)26(19)20)15-29(2,3)33-10-12-38-13-11-33/h5-9,14,16,25H,10-13,15,17-18,31H2,1-4H3. The molecule has 0 radical (unpaired) electrons. The van der Waals surface area contributed by atoms with Gasteiger partial charge in [-0.3, -0.25) is 9.69 Å². The third-order valence-corrected chi connectivity index (χ3v) is 7.85. The zero-order valence-electron chi connectivity index (χ0n) is 22.5. The van der Waals surface area contributed by atoms with Crippen molar-refractivity contribution in [1.82, 2.24) is 14.9 Å². The number of pyridine rings is 1. The predicted octanol–water partition coefficient (Wildman–Crippen LogP) is 3.54. The first-order valence-electron chi connectivity index (χ1n) is 13.0. The Hall–Kier alpha value is -3.27. The average molecular weight is 522 g/mol. The number of Topliss-reactive ketones (excluding diaryl/α,β-unsaturated/α-hetero) is 1. The molecule has 8 nitrogen and oxygen atoms in total. The number of hydrogen-bond acceptors (Lipinski definition) is 8. The first-order valence-corrected chi connectivity index (χ1v) is 13.0. The Morgan fingerprint density at radius 3 is 2.68 bits per heavy atom. The van der Waals surface area contributed by atoms with Crippen LogP contribution in [0.1, 0.15) is 27.2 Å². The third kappa shape index (κ3) is 4.93. The lowest BCUT2D eigenvalue weighted by Gasteiger charge is -2.47. The second-order valence-electron chi connectivity index (χ2n) is 10.8. The smallest absolute Gasteiger partial charge is 0.221 e. The van der Waals surface area contributed by atoms with Crippen molar-refractivity contribution in [3.05, 3.63) is 65.3 Å². The summed E-state index contributed by atoms with van der Waals surface area (Å²) < 4.78 is 25.8. The summed E-state index contributed by atoms with van der Waals surface area (Å²) in [7, 11) is 1.55. The van der Waals surface area contributed by atoms with Crippen LogP contribution in [0.25, 0.3) is 11.1 Å². The molecule has 3 aliphatic heterocycles. The quantitative estimate of drug-likeness (QED) is 0.578. The number of rotatable bonds is 6. The predicted molar refractivity (Wildman–Crippen MR) is 145 cm³/mol. The van der Waals surface area contributed by atoms with Crippen molar-refractivity contribution in [3.63, 3.8) is 0 Å². The minimum atomic E-state index is -0.453. The lowest BCUT2D eigenvalue weighted by molar-refractivity contribution is -0.118. The number of allylic oxidation sites excluding steroid dienone is 1. The van der Waals surface area contributed by atoms with E-state index in [1.165, 1.54) is 12.1 Å². The van der Waals surface area contributed by atoms with Crippen LogP contribution in [-0.2, 0) is 9.53 Å². The van der Waals surface area contributed by atoms with E-state index in [2.05, 4.69) is 28.6 Å². The van der Waals surface area contributed by atoms with Gasteiger partial charge in [-0.2, -0.15) is 0 Å². The third-order valence-electron chi connectivity index (χ3n) is 7.85. The van der Waals surface area contributed by atoms with E-state index >= 15 is 0 Å². The van der Waals surface area contributed by atoms with Crippen molar-refractivity contribution >= 4 is 11.5 Å². The number of carbonyl (C=O) groups is 1. The van der Waals surface area contributed by atoms with Gasteiger partial charge in [0.15, 0.2) is 5.78 Å². The summed E-state index contributed by atoms with van der Waals surface area (Å²) >= 11 is 0. The van der Waals surface area contributed by atoms with E-state index in [4.69, 9.17) is 15.3 Å². The molecular weight excluding hydrogens is 485 g/mol. The van der Waals surface area contributed by atoms with Crippen LogP contribution in [0.3, 0.4) is 0 Å². The SMILES string of the molecule is COc1ncccc1-c1cc(F)ccc1N1CC2=C(C(=O)C1CC(C)(C)N1CCOCC1)C(C)=CN(N)C2. The summed E-state index contributed by atoms with van der Waals surface area (Å²) in [6, 6.07) is 7.91. The van der Waals surface area contributed by atoms with Gasteiger partial charge in [0, 0.05) is 60.0 Å². The number of halogens is 1. The zero-order chi connectivity index (χ0) is 27.0. The van der Waals surface area contributed by atoms with Crippen LogP contribution in [-0.4, -0.2) is 78.8 Å². The van der Waals surface area contributed by atoms with E-state index in [-0.39, 0.29) is 17.1 Å². The van der Waals surface area contributed by atoms with Gasteiger partial charge in [0.1, 0.15) is 5.82 Å². The highest BCUT2D eigenvalue weighted by molar-refractivity contribution is 6.07. The minimum absolute atomic E-state index is 0.0721. The molecule has 1 unspecified atom stereocenters. The molecule has 1 atom stereocenters. The van der Waals surface area contributed by atoms with E-state index < -0.39 is 6.04 Å². The van der Waals surface area contributed by atoms with Crippen LogP contribution in [0.4, 0.5) is 10.1 Å². The molecule has 1 fully saturated rings. The molecule has 1 aromatic carbocycles. The van der Waals surface area contributed by atoms with Crippen LogP contribution in [0.5, 0.6) is 5.88 Å². The normalized spacial score (nSPS) is 20.9. The van der Waals surface area contributed by atoms with Gasteiger partial charge in [-0.05, 0) is 68.7 Å². The van der Waals surface area contributed by atoms with Crippen molar-refractivity contribution in [2.75, 3.05) is 51.4 Å². The number of nitrogens with zero attached hydrogens (tertiary/aromatic N) is 4. The Morgan fingerprint density at radius 2 is 1.95 bits per heavy atom. The van der Waals surface area contributed by atoms with Gasteiger partial charge in [-0.25, -0.2) is 15.2 Å². The van der Waals surface area contributed by atoms with Gasteiger partial charge in [-0.1, -0.05) is 0 Å². The molecule has 9 heteroatoms. The topological polar surface area (TPSA) is 84.2 Å². The fourth-order valence-electron chi connectivity index (χ4n) is 6.02. The molecule has 0 amide bonds. The molecule has 0 spiro atoms. The molecule has 2 N–H and O–H groups in total. The van der Waals surface area contributed by atoms with Crippen molar-refractivity contribution in [1.29, 1.82) is 0 Å². The molecule has 3 aliphatic rings. The Labute approximate surface area is 223 Å². The zero-order valence-corrected chi connectivity index (χ0v) is 22.5. The maximum atomic E-state index is 14.7. The lowest BCUT2D eigenvalue weighted by atomic mass is 9.80. The van der Waals surface area contributed by atoms with Crippen molar-refractivity contribution in [3.8, 4) is 17.0 Å². The Balaban J connectivity index is 1.63. The summed E-state index contributed by atoms with van der Waals surface area (Å²) in [6.45, 7) is 10.3. The second kappa shape index (κ2) is 10.5. The minimum Gasteiger partial charge on any atom is -0.481 e. The molecule has 5 rings (SSSR count). The van der Waals surface area contributed by atoms with Gasteiger partial charge >= 0.3 is 0 Å². The number of nitrogens with two attached hydrogens (primary N) is 1. The van der Waals surface area contributed by atoms with E-state index in [0.717, 1.165) is 35.5 Å². The summed E-state index contributed by atoms with van der Waals surface area (Å²) in [5.74, 6) is 6.28. The molecule has 1 aromatic heterocycles. The molecule has 1 saturated heterocycles. The van der Waals surface area contributed by atoms with Gasteiger partial charge in [0.2, 0.25) is 5.88 Å². The monoisotopic (exact) mass is 521 g/mol. The summed E-state index contributed by atoms with van der Waals surface area (Å²) in [5, 5.41) is 1.62. The van der Waals surface area contributed by atoms with Crippen LogP contribution in [0.2, 0.25) is 0 Å². The number of ether oxygens (including phenoxy) is 2. The number of anilines is 1. The van der Waals surface area contributed by atoms with Crippen LogP contribution >= 0.6 is 0 Å². The highest BCUT2D eigenvalue weighted by atomic mass is 19.1. The number of aromatic nitrogens is 1. The summed E-state index contributed by atoms with van der Waals surface area (Å²) in [4.78, 5) is 23.2. The lowest BCUT2D eigenvalue weighted by Crippen LogP contribution is -2.57. The van der Waals surface area contributed by atoms with Gasteiger partial charge in [0.25, 0.3) is 0 Å². The summed E-state index contributed by atoms with van der Waals surface area (Å²) in [6.07, 6.45) is 4.08. The van der Waals surface area contributed by atoms with E-state index in [9.17, 15) is 9.18 Å². The molecule has 0 saturated carbocycles. The number of hydrogen-bond donors (Lipinski definition) is 1. The summed E-state index contributed by atoms with van der Waals surface area (Å²) in [5.41, 5.74) is 4.41. The second-order valence-corrected chi connectivity index (χ2v) is 10.8. The van der Waals surface area contributed by atoms with Gasteiger partial charge in [-0.15, -0.1) is 0 Å². The Morgan fingerprint density at radius 1 is 1.18 bits per heavy atom. The fraction of sp³-hybridized carbons (Fsp3) is 0.448. The number of carbonyl (C=O) groups excluding carboxylic acids is 1. The van der Waals surface area contributed by atoms with Gasteiger partial charge < -0.3 is 19.4 Å². The molecule has 2 aromatic rings. The van der Waals surface area contributed by atoms with Crippen LogP contribution in [0.15, 0.2) is 59.4 Å². The number of benzene rings is 1. The Bertz CT molecular complexity index is 1280. The molecule has 202 valence electrons. The first kappa shape index (κ1) is 26.3. The highest BCUT2D eigenvalue weighted by Gasteiger charge is 2.43. The maximum absolute atomic E-state index is 14.7. The van der Waals surface area contributed by atoms with Gasteiger partial charge in [0.05, 0.1) is 32.9 Å². The number of methoxy groups -OCH3 is 1. The van der Waals surface area contributed by atoms with Crippen LogP contribution < -0.4 is 15.5 Å². The maximum Gasteiger partial charge on any atom is 0.221 e. The Kier molecular flexibility index (Phi) is 7.26. The fourth-order valence-corrected chi connectivity index (χ4v) is 6.02. The van der Waals surface area contributed by atoms with Crippen molar-refractivity contribution < 1.29 is 18.7 Å². The first-order chi connectivity index (χ1) is 18.2. The van der Waals surface area contributed by atoms with E-state index in [1.54, 1.807) is 30.4 Å². The van der Waals surface area contributed by atoms with Crippen molar-refractivity contribution in [2.45, 2.75) is 38.8 Å². The largest absolute Gasteiger partial charge is 0.481 e. The number of ketones is 1. The molecule has 0 bridgehead atoms.